The number of carbonyl (C=O) groups excluding carboxylic acids is 2. The van der Waals surface area contributed by atoms with Crippen LogP contribution in [-0.2, 0) is 16.9 Å². The van der Waals surface area contributed by atoms with Crippen molar-refractivity contribution in [3.8, 4) is 16.9 Å². The lowest BCUT2D eigenvalue weighted by molar-refractivity contribution is -0.0574. The van der Waals surface area contributed by atoms with Gasteiger partial charge in [-0.1, -0.05) is 36.4 Å². The van der Waals surface area contributed by atoms with Crippen LogP contribution in [0.15, 0.2) is 66.7 Å². The largest absolute Gasteiger partial charge is 0.497 e. The number of likely N-dealkylation sites (tertiary alicyclic amines) is 1. The van der Waals surface area contributed by atoms with Crippen LogP contribution in [0.5, 0.6) is 5.75 Å². The van der Waals surface area contributed by atoms with E-state index in [9.17, 15) is 14.7 Å². The highest BCUT2D eigenvalue weighted by molar-refractivity contribution is 5.94. The number of halogens is 1. The third kappa shape index (κ3) is 7.35. The van der Waals surface area contributed by atoms with Gasteiger partial charge < -0.3 is 29.7 Å². The highest BCUT2D eigenvalue weighted by atomic mass is 19.1. The average molecular weight is 592 g/mol. The minimum atomic E-state index is -1.49. The second-order valence-electron chi connectivity index (χ2n) is 11.1. The molecule has 9 heteroatoms. The number of benzene rings is 3. The van der Waals surface area contributed by atoms with Crippen molar-refractivity contribution in [3.63, 3.8) is 0 Å². The summed E-state index contributed by atoms with van der Waals surface area (Å²) >= 11 is 0. The van der Waals surface area contributed by atoms with Crippen molar-refractivity contribution in [2.45, 2.75) is 37.8 Å². The highest BCUT2D eigenvalue weighted by Gasteiger charge is 2.43. The first-order valence-electron chi connectivity index (χ1n) is 14.7. The number of rotatable bonds is 11. The lowest BCUT2D eigenvalue weighted by Crippen LogP contribution is -2.48. The fourth-order valence-corrected chi connectivity index (χ4v) is 6.05. The molecule has 0 aromatic heterocycles. The Kier molecular flexibility index (Phi) is 10.8. The summed E-state index contributed by atoms with van der Waals surface area (Å²) in [6, 6.07) is 19.4. The molecule has 0 radical (unpaired) electrons. The van der Waals surface area contributed by atoms with E-state index in [1.54, 1.807) is 55.5 Å². The zero-order chi connectivity index (χ0) is 31.0. The van der Waals surface area contributed by atoms with Gasteiger partial charge in [-0.15, -0.1) is 0 Å². The molecule has 4 rings (SSSR count). The number of nitrogens with zero attached hydrogens (tertiary/aromatic N) is 2. The number of methoxy groups -OCH3 is 2. The molecule has 2 N–H and O–H groups in total. The van der Waals surface area contributed by atoms with Crippen LogP contribution < -0.4 is 10.1 Å². The Morgan fingerprint density at radius 2 is 1.86 bits per heavy atom. The van der Waals surface area contributed by atoms with E-state index in [-0.39, 0.29) is 18.2 Å². The van der Waals surface area contributed by atoms with E-state index in [2.05, 4.69) is 5.32 Å². The van der Waals surface area contributed by atoms with Crippen LogP contribution in [0.1, 0.15) is 47.2 Å². The molecule has 230 valence electrons. The molecule has 8 nitrogen and oxygen atoms in total. The van der Waals surface area contributed by atoms with E-state index < -0.39 is 17.5 Å². The molecule has 0 aliphatic carbocycles. The van der Waals surface area contributed by atoms with Gasteiger partial charge in [-0.05, 0) is 79.8 Å². The molecule has 3 aromatic rings. The number of hydrogen-bond acceptors (Lipinski definition) is 6. The average Bonchev–Trinajstić information content (AvgIpc) is 3.04. The second-order valence-corrected chi connectivity index (χ2v) is 11.1. The fourth-order valence-electron chi connectivity index (χ4n) is 6.05. The lowest BCUT2D eigenvalue weighted by atomic mass is 9.72. The van der Waals surface area contributed by atoms with Gasteiger partial charge in [0.05, 0.1) is 19.8 Å². The van der Waals surface area contributed by atoms with Gasteiger partial charge in [0.2, 0.25) is 0 Å². The Morgan fingerprint density at radius 1 is 1.12 bits per heavy atom. The molecule has 1 aliphatic rings. The summed E-state index contributed by atoms with van der Waals surface area (Å²) in [6.07, 6.45) is 1.57. The molecule has 1 saturated heterocycles. The molecule has 0 spiro atoms. The molecule has 0 saturated carbocycles. The van der Waals surface area contributed by atoms with Gasteiger partial charge in [0.25, 0.3) is 5.91 Å². The molecule has 43 heavy (non-hydrogen) atoms. The third-order valence-corrected chi connectivity index (χ3v) is 8.34. The first-order chi connectivity index (χ1) is 20.7. The van der Waals surface area contributed by atoms with E-state index in [1.165, 1.54) is 18.1 Å². The van der Waals surface area contributed by atoms with Crippen molar-refractivity contribution in [1.82, 2.24) is 15.1 Å². The predicted molar refractivity (Wildman–Crippen MR) is 164 cm³/mol. The van der Waals surface area contributed by atoms with Crippen LogP contribution in [-0.4, -0.2) is 74.9 Å². The van der Waals surface area contributed by atoms with Gasteiger partial charge in [0, 0.05) is 50.3 Å². The number of hydrogen-bond donors (Lipinski definition) is 2. The maximum Gasteiger partial charge on any atom is 0.409 e. The van der Waals surface area contributed by atoms with Gasteiger partial charge in [-0.2, -0.15) is 0 Å². The Morgan fingerprint density at radius 3 is 2.56 bits per heavy atom. The molecule has 1 heterocycles. The van der Waals surface area contributed by atoms with Crippen molar-refractivity contribution >= 4 is 12.0 Å². The molecular weight excluding hydrogens is 549 g/mol. The maximum atomic E-state index is 15.7. The summed E-state index contributed by atoms with van der Waals surface area (Å²) in [7, 11) is 6.39. The number of amides is 2. The Hall–Kier alpha value is -3.95. The summed E-state index contributed by atoms with van der Waals surface area (Å²) < 4.78 is 25.9. The molecule has 0 unspecified atom stereocenters. The van der Waals surface area contributed by atoms with Crippen LogP contribution >= 0.6 is 0 Å². The summed E-state index contributed by atoms with van der Waals surface area (Å²) in [6.45, 7) is 1.93. The van der Waals surface area contributed by atoms with E-state index >= 15 is 4.39 Å². The number of nitrogens with one attached hydrogen (secondary N) is 1. The molecule has 2 amide bonds. The third-order valence-electron chi connectivity index (χ3n) is 8.34. The van der Waals surface area contributed by atoms with Crippen molar-refractivity contribution in [2.75, 3.05) is 47.9 Å². The molecule has 0 bridgehead atoms. The molecular formula is C34H42FN3O5. The summed E-state index contributed by atoms with van der Waals surface area (Å²) in [5, 5.41) is 15.8. The standard InChI is InChI=1S/C34H42FN3O5/c1-36-22-24-14-16-25(17-15-24)32(39)38-20-7-10-27(23-38)34(41,18-8-19-37(2)33(40)43-4)29-12-6-13-30(35)31(29)26-9-5-11-28(21-26)42-3/h5-6,9,11-17,21,27,36,41H,7-8,10,18-20,22-23H2,1-4H3/t27-,34+/m1/s1. The zero-order valence-electron chi connectivity index (χ0n) is 25.4. The summed E-state index contributed by atoms with van der Waals surface area (Å²) in [4.78, 5) is 28.9. The Bertz CT molecular complexity index is 1400. The van der Waals surface area contributed by atoms with Crippen molar-refractivity contribution < 1.29 is 28.6 Å². The van der Waals surface area contributed by atoms with Crippen molar-refractivity contribution in [1.29, 1.82) is 0 Å². The van der Waals surface area contributed by atoms with Crippen molar-refractivity contribution in [3.05, 3.63) is 89.2 Å². The first-order valence-corrected chi connectivity index (χ1v) is 14.7. The quantitative estimate of drug-likeness (QED) is 0.309. The van der Waals surface area contributed by atoms with Crippen LogP contribution in [0, 0.1) is 11.7 Å². The highest BCUT2D eigenvalue weighted by Crippen LogP contribution is 2.45. The van der Waals surface area contributed by atoms with Crippen LogP contribution in [0.2, 0.25) is 0 Å². The molecule has 1 aliphatic heterocycles. The lowest BCUT2D eigenvalue weighted by Gasteiger charge is -2.44. The van der Waals surface area contributed by atoms with E-state index in [0.29, 0.717) is 73.4 Å². The maximum absolute atomic E-state index is 15.7. The van der Waals surface area contributed by atoms with E-state index in [0.717, 1.165) is 5.56 Å². The smallest absolute Gasteiger partial charge is 0.409 e. The van der Waals surface area contributed by atoms with Crippen LogP contribution in [0.3, 0.4) is 0 Å². The number of aliphatic hydroxyl groups is 1. The minimum absolute atomic E-state index is 0.0965. The summed E-state index contributed by atoms with van der Waals surface area (Å²) in [5.41, 5.74) is 1.52. The Balaban J connectivity index is 1.70. The van der Waals surface area contributed by atoms with E-state index in [1.807, 2.05) is 31.3 Å². The molecule has 3 aromatic carbocycles. The van der Waals surface area contributed by atoms with Crippen LogP contribution in [0.25, 0.3) is 11.1 Å². The Labute approximate surface area is 253 Å². The minimum Gasteiger partial charge on any atom is -0.497 e. The SMILES string of the molecule is CNCc1ccc(C(=O)N2CCC[C@@H]([C@@](O)(CCCN(C)C(=O)OC)c3cccc(F)c3-c3cccc(OC)c3)C2)cc1. The second kappa shape index (κ2) is 14.5. The fraction of sp³-hybridized carbons (Fsp3) is 0.412. The number of ether oxygens (including phenoxy) is 2. The van der Waals surface area contributed by atoms with Crippen molar-refractivity contribution in [2.24, 2.45) is 5.92 Å². The van der Waals surface area contributed by atoms with Gasteiger partial charge >= 0.3 is 6.09 Å². The molecule has 2 atom stereocenters. The van der Waals surface area contributed by atoms with Gasteiger partial charge in [-0.3, -0.25) is 4.79 Å². The monoisotopic (exact) mass is 591 g/mol. The van der Waals surface area contributed by atoms with Gasteiger partial charge in [0.15, 0.2) is 0 Å². The zero-order valence-corrected chi connectivity index (χ0v) is 25.4. The topological polar surface area (TPSA) is 91.3 Å². The van der Waals surface area contributed by atoms with E-state index in [4.69, 9.17) is 9.47 Å². The predicted octanol–water partition coefficient (Wildman–Crippen LogP) is 5.44. The summed E-state index contributed by atoms with van der Waals surface area (Å²) in [5.74, 6) is -0.351. The van der Waals surface area contributed by atoms with Gasteiger partial charge in [-0.25, -0.2) is 9.18 Å². The number of piperidine rings is 1. The molecule has 1 fully saturated rings. The van der Waals surface area contributed by atoms with Gasteiger partial charge in [0.1, 0.15) is 11.6 Å². The normalized spacial score (nSPS) is 16.3. The number of carbonyl (C=O) groups is 2. The first kappa shape index (κ1) is 32.0. The van der Waals surface area contributed by atoms with Crippen LogP contribution in [0.4, 0.5) is 9.18 Å².